The van der Waals surface area contributed by atoms with Gasteiger partial charge in [-0.05, 0) is 43.6 Å². The molecular weight excluding hydrogens is 248 g/mol. The van der Waals surface area contributed by atoms with Gasteiger partial charge in [0.25, 0.3) is 0 Å². The standard InChI is InChI=1S/C17H34N2O/c1-8-16(4,5)14(20)19-13-9-15(2,3)11-17(6,10-13)12-18-7/h13,18H,8-12H2,1-7H3,(H,19,20). The number of carbonyl (C=O) groups excluding carboxylic acids is 1. The van der Waals surface area contributed by atoms with Crippen LogP contribution in [0.1, 0.15) is 67.2 Å². The predicted octanol–water partition coefficient (Wildman–Crippen LogP) is 3.34. The van der Waals surface area contributed by atoms with Gasteiger partial charge in [-0.15, -0.1) is 0 Å². The van der Waals surface area contributed by atoms with Gasteiger partial charge in [0.15, 0.2) is 0 Å². The van der Waals surface area contributed by atoms with Crippen molar-refractivity contribution in [2.75, 3.05) is 13.6 Å². The normalized spacial score (nSPS) is 30.1. The van der Waals surface area contributed by atoms with Crippen molar-refractivity contribution in [2.45, 2.75) is 73.3 Å². The maximum Gasteiger partial charge on any atom is 0.225 e. The fourth-order valence-corrected chi connectivity index (χ4v) is 3.84. The Labute approximate surface area is 125 Å². The van der Waals surface area contributed by atoms with Crippen LogP contribution in [0, 0.1) is 16.2 Å². The molecule has 0 heterocycles. The van der Waals surface area contributed by atoms with E-state index in [-0.39, 0.29) is 22.2 Å². The first kappa shape index (κ1) is 17.5. The summed E-state index contributed by atoms with van der Waals surface area (Å²) in [5, 5.41) is 6.63. The SMILES string of the molecule is CCC(C)(C)C(=O)NC1CC(C)(C)CC(C)(CNC)C1. The molecule has 3 nitrogen and oxygen atoms in total. The van der Waals surface area contributed by atoms with Gasteiger partial charge in [0, 0.05) is 18.0 Å². The van der Waals surface area contributed by atoms with E-state index in [0.29, 0.717) is 6.04 Å². The zero-order chi connectivity index (χ0) is 15.6. The number of hydrogen-bond acceptors (Lipinski definition) is 2. The first-order valence-electron chi connectivity index (χ1n) is 7.99. The Morgan fingerprint density at radius 3 is 2.35 bits per heavy atom. The minimum atomic E-state index is -0.263. The molecule has 0 aliphatic heterocycles. The Bertz CT molecular complexity index is 349. The van der Waals surface area contributed by atoms with Crippen molar-refractivity contribution in [2.24, 2.45) is 16.2 Å². The van der Waals surface area contributed by atoms with E-state index in [0.717, 1.165) is 25.8 Å². The molecule has 1 amide bonds. The highest BCUT2D eigenvalue weighted by Gasteiger charge is 2.42. The molecule has 3 heteroatoms. The van der Waals surface area contributed by atoms with Crippen LogP contribution in [0.5, 0.6) is 0 Å². The second-order valence-corrected chi connectivity index (χ2v) is 8.50. The fraction of sp³-hybridized carbons (Fsp3) is 0.941. The van der Waals surface area contributed by atoms with Crippen molar-refractivity contribution in [1.29, 1.82) is 0 Å². The zero-order valence-electron chi connectivity index (χ0n) is 14.5. The fourth-order valence-electron chi connectivity index (χ4n) is 3.84. The topological polar surface area (TPSA) is 41.1 Å². The summed E-state index contributed by atoms with van der Waals surface area (Å²) in [4.78, 5) is 12.4. The average molecular weight is 282 g/mol. The van der Waals surface area contributed by atoms with Crippen LogP contribution >= 0.6 is 0 Å². The van der Waals surface area contributed by atoms with Gasteiger partial charge >= 0.3 is 0 Å². The van der Waals surface area contributed by atoms with Gasteiger partial charge in [-0.1, -0.05) is 41.5 Å². The van der Waals surface area contributed by atoms with Crippen LogP contribution in [0.15, 0.2) is 0 Å². The molecule has 1 fully saturated rings. The lowest BCUT2D eigenvalue weighted by atomic mass is 9.62. The molecule has 0 saturated heterocycles. The van der Waals surface area contributed by atoms with Gasteiger partial charge < -0.3 is 10.6 Å². The Morgan fingerprint density at radius 1 is 1.25 bits per heavy atom. The number of amides is 1. The number of carbonyl (C=O) groups is 1. The minimum Gasteiger partial charge on any atom is -0.353 e. The number of hydrogen-bond donors (Lipinski definition) is 2. The molecule has 2 atom stereocenters. The first-order chi connectivity index (χ1) is 9.03. The van der Waals surface area contributed by atoms with Gasteiger partial charge in [-0.25, -0.2) is 0 Å². The molecule has 20 heavy (non-hydrogen) atoms. The third-order valence-electron chi connectivity index (χ3n) is 4.88. The van der Waals surface area contributed by atoms with E-state index < -0.39 is 0 Å². The predicted molar refractivity (Wildman–Crippen MR) is 85.7 cm³/mol. The summed E-state index contributed by atoms with van der Waals surface area (Å²) in [6, 6.07) is 0.301. The van der Waals surface area contributed by atoms with Crippen molar-refractivity contribution in [1.82, 2.24) is 10.6 Å². The van der Waals surface area contributed by atoms with Crippen LogP contribution in [0.4, 0.5) is 0 Å². The van der Waals surface area contributed by atoms with Crippen LogP contribution in [-0.4, -0.2) is 25.5 Å². The maximum atomic E-state index is 12.4. The molecule has 0 aromatic heterocycles. The molecule has 1 aliphatic rings. The van der Waals surface area contributed by atoms with Crippen molar-refractivity contribution < 1.29 is 4.79 Å². The van der Waals surface area contributed by atoms with Crippen LogP contribution in [0.25, 0.3) is 0 Å². The summed E-state index contributed by atoms with van der Waals surface area (Å²) < 4.78 is 0. The summed E-state index contributed by atoms with van der Waals surface area (Å²) in [7, 11) is 2.01. The van der Waals surface area contributed by atoms with E-state index in [4.69, 9.17) is 0 Å². The van der Waals surface area contributed by atoms with E-state index >= 15 is 0 Å². The Morgan fingerprint density at radius 2 is 1.85 bits per heavy atom. The van der Waals surface area contributed by atoms with Gasteiger partial charge in [-0.3, -0.25) is 4.79 Å². The highest BCUT2D eigenvalue weighted by atomic mass is 16.2. The monoisotopic (exact) mass is 282 g/mol. The van der Waals surface area contributed by atoms with Crippen molar-refractivity contribution >= 4 is 5.91 Å². The zero-order valence-corrected chi connectivity index (χ0v) is 14.5. The molecule has 0 radical (unpaired) electrons. The number of rotatable bonds is 5. The molecular formula is C17H34N2O. The van der Waals surface area contributed by atoms with Gasteiger partial charge in [0.05, 0.1) is 0 Å². The molecule has 0 aromatic carbocycles. The summed E-state index contributed by atoms with van der Waals surface area (Å²) in [6.07, 6.45) is 4.24. The van der Waals surface area contributed by atoms with Crippen molar-refractivity contribution in [3.05, 3.63) is 0 Å². The second kappa shape index (κ2) is 6.05. The molecule has 118 valence electrons. The first-order valence-corrected chi connectivity index (χ1v) is 7.99. The molecule has 1 aliphatic carbocycles. The van der Waals surface area contributed by atoms with Gasteiger partial charge in [-0.2, -0.15) is 0 Å². The lowest BCUT2D eigenvalue weighted by molar-refractivity contribution is -0.131. The van der Waals surface area contributed by atoms with Crippen LogP contribution in [0.3, 0.4) is 0 Å². The molecule has 2 N–H and O–H groups in total. The molecule has 0 bridgehead atoms. The molecule has 1 saturated carbocycles. The highest BCUT2D eigenvalue weighted by molar-refractivity contribution is 5.82. The van der Waals surface area contributed by atoms with Gasteiger partial charge in [0.1, 0.15) is 0 Å². The maximum absolute atomic E-state index is 12.4. The van der Waals surface area contributed by atoms with E-state index in [1.807, 2.05) is 20.9 Å². The van der Waals surface area contributed by atoms with Crippen LogP contribution in [0.2, 0.25) is 0 Å². The number of nitrogens with one attached hydrogen (secondary N) is 2. The van der Waals surface area contributed by atoms with Crippen molar-refractivity contribution in [3.63, 3.8) is 0 Å². The lowest BCUT2D eigenvalue weighted by Gasteiger charge is -2.47. The summed E-state index contributed by atoms with van der Waals surface area (Å²) in [5.74, 6) is 0.203. The minimum absolute atomic E-state index is 0.203. The smallest absolute Gasteiger partial charge is 0.225 e. The van der Waals surface area contributed by atoms with E-state index in [2.05, 4.69) is 38.3 Å². The molecule has 0 aromatic rings. The Balaban J connectivity index is 2.77. The second-order valence-electron chi connectivity index (χ2n) is 8.50. The Hall–Kier alpha value is -0.570. The average Bonchev–Trinajstić information content (AvgIpc) is 2.25. The molecule has 2 unspecified atom stereocenters. The Kier molecular flexibility index (Phi) is 5.29. The van der Waals surface area contributed by atoms with Crippen LogP contribution < -0.4 is 10.6 Å². The van der Waals surface area contributed by atoms with E-state index in [9.17, 15) is 4.79 Å². The van der Waals surface area contributed by atoms with E-state index in [1.54, 1.807) is 0 Å². The van der Waals surface area contributed by atoms with Gasteiger partial charge in [0.2, 0.25) is 5.91 Å². The summed E-state index contributed by atoms with van der Waals surface area (Å²) >= 11 is 0. The highest BCUT2D eigenvalue weighted by Crippen LogP contribution is 2.45. The third kappa shape index (κ3) is 4.47. The largest absolute Gasteiger partial charge is 0.353 e. The summed E-state index contributed by atoms with van der Waals surface area (Å²) in [6.45, 7) is 14.1. The molecule has 0 spiro atoms. The third-order valence-corrected chi connectivity index (χ3v) is 4.88. The summed E-state index contributed by atoms with van der Waals surface area (Å²) in [5.41, 5.74) is 0.296. The quantitative estimate of drug-likeness (QED) is 0.812. The van der Waals surface area contributed by atoms with Crippen molar-refractivity contribution in [3.8, 4) is 0 Å². The van der Waals surface area contributed by atoms with Crippen LogP contribution in [-0.2, 0) is 4.79 Å². The molecule has 1 rings (SSSR count). The van der Waals surface area contributed by atoms with E-state index in [1.165, 1.54) is 6.42 Å². The lowest BCUT2D eigenvalue weighted by Crippen LogP contribution is -2.51.